The van der Waals surface area contributed by atoms with Gasteiger partial charge in [0.05, 0.1) is 17.4 Å². The van der Waals surface area contributed by atoms with Crippen LogP contribution in [0.5, 0.6) is 17.2 Å². The molecule has 1 aliphatic heterocycles. The van der Waals surface area contributed by atoms with E-state index in [4.69, 9.17) is 21.1 Å². The molecule has 0 unspecified atom stereocenters. The van der Waals surface area contributed by atoms with Gasteiger partial charge in [-0.2, -0.15) is 0 Å². The van der Waals surface area contributed by atoms with Crippen LogP contribution in [0.25, 0.3) is 22.2 Å². The quantitative estimate of drug-likeness (QED) is 0.345. The van der Waals surface area contributed by atoms with Crippen LogP contribution in [0.1, 0.15) is 17.3 Å². The molecule has 2 aromatic heterocycles. The summed E-state index contributed by atoms with van der Waals surface area (Å²) in [4.78, 5) is 27.3. The van der Waals surface area contributed by atoms with Crippen molar-refractivity contribution >= 4 is 34.9 Å². The number of pyridine rings is 1. The summed E-state index contributed by atoms with van der Waals surface area (Å²) in [6.07, 6.45) is 1.49. The Morgan fingerprint density at radius 1 is 1.18 bits per heavy atom. The fourth-order valence-electron chi connectivity index (χ4n) is 4.07. The topological polar surface area (TPSA) is 123 Å². The lowest BCUT2D eigenvalue weighted by Gasteiger charge is -2.17. The number of benzene rings is 2. The van der Waals surface area contributed by atoms with E-state index in [1.165, 1.54) is 6.20 Å². The monoisotopic (exact) mass is 479 g/mol. The number of fused-ring (bicyclic) bond motifs is 2. The number of aromatic hydroxyl groups is 1. The van der Waals surface area contributed by atoms with Gasteiger partial charge in [-0.25, -0.2) is 4.79 Å². The van der Waals surface area contributed by atoms with Crippen molar-refractivity contribution in [1.29, 1.82) is 0 Å². The average molecular weight is 480 g/mol. The van der Waals surface area contributed by atoms with Crippen molar-refractivity contribution in [2.75, 3.05) is 6.79 Å². The van der Waals surface area contributed by atoms with E-state index < -0.39 is 12.0 Å². The minimum Gasteiger partial charge on any atom is -0.506 e. The number of halogens is 1. The van der Waals surface area contributed by atoms with Gasteiger partial charge in [-0.3, -0.25) is 9.78 Å². The zero-order valence-electron chi connectivity index (χ0n) is 17.6. The van der Waals surface area contributed by atoms with E-state index in [-0.39, 0.29) is 18.2 Å². The third-order valence-corrected chi connectivity index (χ3v) is 5.87. The summed E-state index contributed by atoms with van der Waals surface area (Å²) in [5.74, 6) is -0.154. The molecule has 0 bridgehead atoms. The number of carboxylic acids is 1. The van der Waals surface area contributed by atoms with Crippen LogP contribution in [-0.4, -0.2) is 38.9 Å². The molecule has 9 nitrogen and oxygen atoms in total. The van der Waals surface area contributed by atoms with Gasteiger partial charge in [-0.15, -0.1) is 0 Å². The number of carbonyl (C=O) groups is 2. The van der Waals surface area contributed by atoms with Crippen molar-refractivity contribution < 1.29 is 29.3 Å². The van der Waals surface area contributed by atoms with Gasteiger partial charge in [0.15, 0.2) is 17.5 Å². The smallest absolute Gasteiger partial charge is 0.332 e. The van der Waals surface area contributed by atoms with E-state index in [1.54, 1.807) is 24.3 Å². The first-order chi connectivity index (χ1) is 16.5. The molecular formula is C24H18ClN3O6. The molecule has 0 spiro atoms. The number of nitrogens with zero attached hydrogens (tertiary/aromatic N) is 2. The number of aromatic nitrogens is 2. The maximum Gasteiger partial charge on any atom is 0.332 e. The minimum absolute atomic E-state index is 0.0911. The molecule has 2 aromatic carbocycles. The summed E-state index contributed by atoms with van der Waals surface area (Å²) < 4.78 is 12.7. The van der Waals surface area contributed by atoms with E-state index in [0.717, 1.165) is 11.1 Å². The molecule has 4 aromatic rings. The van der Waals surface area contributed by atoms with Gasteiger partial charge in [0.1, 0.15) is 5.75 Å². The summed E-state index contributed by atoms with van der Waals surface area (Å²) in [6.45, 7) is 0.435. The molecule has 1 amide bonds. The van der Waals surface area contributed by atoms with Gasteiger partial charge in [0, 0.05) is 22.6 Å². The second-order valence-electron chi connectivity index (χ2n) is 7.66. The van der Waals surface area contributed by atoms with E-state index >= 15 is 0 Å². The summed E-state index contributed by atoms with van der Waals surface area (Å²) in [5.41, 5.74) is 2.81. The van der Waals surface area contributed by atoms with E-state index in [9.17, 15) is 19.8 Å². The lowest BCUT2D eigenvalue weighted by Crippen LogP contribution is -2.28. The number of rotatable bonds is 7. The third kappa shape index (κ3) is 3.75. The Hall–Kier alpha value is -4.24. The maximum atomic E-state index is 12.0. The molecule has 0 radical (unpaired) electrons. The molecule has 0 aliphatic carbocycles. The Balaban J connectivity index is 1.76. The molecule has 172 valence electrons. The second kappa shape index (κ2) is 8.60. The van der Waals surface area contributed by atoms with Crippen LogP contribution in [0, 0.1) is 0 Å². The first-order valence-corrected chi connectivity index (χ1v) is 10.6. The van der Waals surface area contributed by atoms with Crippen LogP contribution in [0.4, 0.5) is 0 Å². The van der Waals surface area contributed by atoms with Crippen molar-refractivity contribution in [2.24, 2.45) is 0 Å². The molecule has 5 rings (SSSR count). The number of hydrogen-bond acceptors (Lipinski definition) is 6. The Morgan fingerprint density at radius 3 is 2.68 bits per heavy atom. The first kappa shape index (κ1) is 21.6. The maximum absolute atomic E-state index is 12.0. The number of amides is 1. The summed E-state index contributed by atoms with van der Waals surface area (Å²) in [7, 11) is 0. The molecule has 34 heavy (non-hydrogen) atoms. The lowest BCUT2D eigenvalue weighted by molar-refractivity contribution is -0.140. The van der Waals surface area contributed by atoms with Gasteiger partial charge in [0.25, 0.3) is 0 Å². The highest BCUT2D eigenvalue weighted by Crippen LogP contribution is 2.38. The normalized spacial score (nSPS) is 13.1. The third-order valence-electron chi connectivity index (χ3n) is 5.61. The molecule has 0 saturated heterocycles. The SMILES string of the molecule is O=CN[C@H](C(=O)O)c1ncc(O)c2cc(-c3ccc(Cl)cc3)n(Cc3ccc4c(c3)OCO4)c12. The molecule has 1 atom stereocenters. The Kier molecular flexibility index (Phi) is 5.46. The minimum atomic E-state index is -1.41. The van der Waals surface area contributed by atoms with Gasteiger partial charge < -0.3 is 29.6 Å². The Morgan fingerprint density at radius 2 is 1.94 bits per heavy atom. The lowest BCUT2D eigenvalue weighted by atomic mass is 10.1. The molecule has 0 fully saturated rings. The number of aliphatic carboxylic acids is 1. The standard InChI is InChI=1S/C24H18ClN3O6/c25-15-4-2-14(3-5-15)17-8-16-18(30)9-26-21(22(24(31)32)27-11-29)23(16)28(17)10-13-1-6-19-20(7-13)34-12-33-19/h1-9,11,22,30H,10,12H2,(H,27,29)(H,31,32)/t22-/m0/s1. The number of carbonyl (C=O) groups excluding carboxylic acids is 1. The molecule has 10 heteroatoms. The summed E-state index contributed by atoms with van der Waals surface area (Å²) in [6, 6.07) is 13.0. The largest absolute Gasteiger partial charge is 0.506 e. The number of nitrogens with one attached hydrogen (secondary N) is 1. The van der Waals surface area contributed by atoms with Crippen LogP contribution >= 0.6 is 11.6 Å². The van der Waals surface area contributed by atoms with Gasteiger partial charge in [-0.1, -0.05) is 29.8 Å². The highest BCUT2D eigenvalue weighted by atomic mass is 35.5. The molecule has 1 aliphatic rings. The fraction of sp³-hybridized carbons (Fsp3) is 0.125. The van der Waals surface area contributed by atoms with Crippen molar-refractivity contribution in [1.82, 2.24) is 14.9 Å². The number of carboxylic acid groups (broad SMARTS) is 1. The van der Waals surface area contributed by atoms with Crippen LogP contribution in [0.15, 0.2) is 54.7 Å². The second-order valence-corrected chi connectivity index (χ2v) is 8.09. The molecule has 0 saturated carbocycles. The molecule has 3 heterocycles. The highest BCUT2D eigenvalue weighted by Gasteiger charge is 2.27. The van der Waals surface area contributed by atoms with Crippen molar-refractivity contribution in [3.05, 3.63) is 71.0 Å². The number of ether oxygens (including phenoxy) is 2. The van der Waals surface area contributed by atoms with Gasteiger partial charge >= 0.3 is 5.97 Å². The van der Waals surface area contributed by atoms with Crippen molar-refractivity contribution in [2.45, 2.75) is 12.6 Å². The zero-order valence-corrected chi connectivity index (χ0v) is 18.3. The van der Waals surface area contributed by atoms with Crippen molar-refractivity contribution in [3.63, 3.8) is 0 Å². The van der Waals surface area contributed by atoms with E-state index in [0.29, 0.717) is 46.1 Å². The average Bonchev–Trinajstić information content (AvgIpc) is 3.44. The van der Waals surface area contributed by atoms with Crippen LogP contribution in [-0.2, 0) is 16.1 Å². The van der Waals surface area contributed by atoms with Crippen LogP contribution < -0.4 is 14.8 Å². The van der Waals surface area contributed by atoms with Gasteiger partial charge in [-0.05, 0) is 41.5 Å². The van der Waals surface area contributed by atoms with Crippen LogP contribution in [0.2, 0.25) is 5.02 Å². The summed E-state index contributed by atoms with van der Waals surface area (Å²) in [5, 5.41) is 23.6. The molecular weight excluding hydrogens is 462 g/mol. The summed E-state index contributed by atoms with van der Waals surface area (Å²) >= 11 is 6.07. The Labute approximate surface area is 198 Å². The van der Waals surface area contributed by atoms with Crippen molar-refractivity contribution in [3.8, 4) is 28.5 Å². The fourth-order valence-corrected chi connectivity index (χ4v) is 4.20. The highest BCUT2D eigenvalue weighted by molar-refractivity contribution is 6.30. The van der Waals surface area contributed by atoms with E-state index in [1.807, 2.05) is 28.8 Å². The first-order valence-electron chi connectivity index (χ1n) is 10.2. The van der Waals surface area contributed by atoms with E-state index in [2.05, 4.69) is 10.3 Å². The zero-order chi connectivity index (χ0) is 23.8. The van der Waals surface area contributed by atoms with Crippen LogP contribution in [0.3, 0.4) is 0 Å². The van der Waals surface area contributed by atoms with Gasteiger partial charge in [0.2, 0.25) is 13.2 Å². The predicted molar refractivity (Wildman–Crippen MR) is 123 cm³/mol. The number of hydrogen-bond donors (Lipinski definition) is 3. The predicted octanol–water partition coefficient (Wildman–Crippen LogP) is 3.71. The Bertz CT molecular complexity index is 1420. The molecule has 3 N–H and O–H groups in total.